The number of nitrogens with one attached hydrogen (secondary N) is 3. The predicted molar refractivity (Wildman–Crippen MR) is 106 cm³/mol. The number of halogens is 7. The Morgan fingerprint density at radius 3 is 2.16 bits per heavy atom. The normalized spacial score (nSPS) is 11.7. The molecule has 2 amide bonds. The first-order valence-corrected chi connectivity index (χ1v) is 9.02. The van der Waals surface area contributed by atoms with Crippen LogP contribution in [0.1, 0.15) is 11.1 Å². The number of amides is 2. The summed E-state index contributed by atoms with van der Waals surface area (Å²) < 4.78 is 76.4. The maximum absolute atomic E-state index is 12.8. The van der Waals surface area contributed by atoms with E-state index < -0.39 is 29.5 Å². The van der Waals surface area contributed by atoms with Crippen LogP contribution in [0, 0.1) is 0 Å². The van der Waals surface area contributed by atoms with Crippen LogP contribution in [0.2, 0.25) is 5.02 Å². The summed E-state index contributed by atoms with van der Waals surface area (Å²) in [5, 5.41) is 6.90. The number of aromatic nitrogens is 2. The number of nitrogens with zero attached hydrogens (tertiary/aromatic N) is 2. The second-order valence-electron chi connectivity index (χ2n) is 6.24. The third-order valence-electron chi connectivity index (χ3n) is 3.85. The highest BCUT2D eigenvalue weighted by Gasteiger charge is 2.32. The van der Waals surface area contributed by atoms with E-state index in [1.165, 1.54) is 24.3 Å². The maximum atomic E-state index is 12.8. The first-order valence-electron chi connectivity index (χ1n) is 8.64. The van der Waals surface area contributed by atoms with E-state index in [1.54, 1.807) is 0 Å². The van der Waals surface area contributed by atoms with Crippen molar-refractivity contribution >= 4 is 40.8 Å². The third-order valence-corrected chi connectivity index (χ3v) is 4.14. The van der Waals surface area contributed by atoms with Gasteiger partial charge < -0.3 is 10.6 Å². The number of pyridine rings is 2. The Kier molecular flexibility index (Phi) is 6.44. The molecule has 0 fully saturated rings. The van der Waals surface area contributed by atoms with Gasteiger partial charge in [-0.3, -0.25) is 5.32 Å². The molecule has 0 spiro atoms. The molecule has 0 aliphatic rings. The molecule has 2 aromatic heterocycles. The molecule has 0 unspecified atom stereocenters. The molecule has 2 heterocycles. The minimum atomic E-state index is -4.61. The van der Waals surface area contributed by atoms with E-state index in [1.807, 2.05) is 0 Å². The van der Waals surface area contributed by atoms with Crippen LogP contribution >= 0.6 is 11.6 Å². The monoisotopic (exact) mass is 475 g/mol. The summed E-state index contributed by atoms with van der Waals surface area (Å²) >= 11 is 5.83. The maximum Gasteiger partial charge on any atom is 0.417 e. The molecule has 0 aliphatic heterocycles. The molecule has 0 atom stereocenters. The van der Waals surface area contributed by atoms with Gasteiger partial charge in [-0.25, -0.2) is 14.8 Å². The number of benzene rings is 1. The molecule has 13 heteroatoms. The molecule has 6 nitrogen and oxygen atoms in total. The van der Waals surface area contributed by atoms with Crippen LogP contribution < -0.4 is 16.0 Å². The third kappa shape index (κ3) is 6.00. The molecule has 0 aliphatic carbocycles. The van der Waals surface area contributed by atoms with Gasteiger partial charge in [0.05, 0.1) is 16.1 Å². The molecular formula is C19H12ClF6N5O. The molecular weight excluding hydrogens is 464 g/mol. The Labute approximate surface area is 181 Å². The summed E-state index contributed by atoms with van der Waals surface area (Å²) in [5.74, 6) is -0.00345. The zero-order valence-electron chi connectivity index (χ0n) is 15.6. The van der Waals surface area contributed by atoms with Crippen LogP contribution in [0.3, 0.4) is 0 Å². The van der Waals surface area contributed by atoms with E-state index in [-0.39, 0.29) is 28.2 Å². The number of hydrogen-bond acceptors (Lipinski definition) is 4. The second-order valence-corrected chi connectivity index (χ2v) is 6.65. The van der Waals surface area contributed by atoms with Crippen molar-refractivity contribution in [3.05, 3.63) is 70.9 Å². The van der Waals surface area contributed by atoms with Crippen molar-refractivity contribution in [2.75, 3.05) is 16.0 Å². The van der Waals surface area contributed by atoms with Gasteiger partial charge in [0.2, 0.25) is 0 Å². The highest BCUT2D eigenvalue weighted by molar-refractivity contribution is 6.33. The van der Waals surface area contributed by atoms with Crippen LogP contribution in [-0.4, -0.2) is 16.0 Å². The van der Waals surface area contributed by atoms with Crippen LogP contribution in [-0.2, 0) is 12.4 Å². The first-order chi connectivity index (χ1) is 14.9. The summed E-state index contributed by atoms with van der Waals surface area (Å²) in [4.78, 5) is 19.7. The van der Waals surface area contributed by atoms with Crippen molar-refractivity contribution in [2.24, 2.45) is 0 Å². The SMILES string of the molecule is O=C(Nc1cccc(C(F)(F)F)c1)Nc1cccc(Nc2ncc(C(F)(F)F)cc2Cl)n1. The highest BCUT2D eigenvalue weighted by atomic mass is 35.5. The van der Waals surface area contributed by atoms with Crippen LogP contribution in [0.25, 0.3) is 0 Å². The van der Waals surface area contributed by atoms with Gasteiger partial charge in [-0.05, 0) is 36.4 Å². The number of anilines is 4. The van der Waals surface area contributed by atoms with Gasteiger partial charge in [0.1, 0.15) is 17.5 Å². The van der Waals surface area contributed by atoms with Crippen molar-refractivity contribution in [1.82, 2.24) is 9.97 Å². The van der Waals surface area contributed by atoms with E-state index in [9.17, 15) is 31.1 Å². The average molecular weight is 476 g/mol. The quantitative estimate of drug-likeness (QED) is 0.374. The van der Waals surface area contributed by atoms with Crippen LogP contribution in [0.4, 0.5) is 54.3 Å². The molecule has 3 aromatic rings. The van der Waals surface area contributed by atoms with Crippen molar-refractivity contribution in [1.29, 1.82) is 0 Å². The number of alkyl halides is 6. The fraction of sp³-hybridized carbons (Fsp3) is 0.105. The molecule has 0 bridgehead atoms. The summed E-state index contributed by atoms with van der Waals surface area (Å²) in [6.07, 6.45) is -8.58. The number of carbonyl (C=O) groups is 1. The summed E-state index contributed by atoms with van der Waals surface area (Å²) in [6.45, 7) is 0. The lowest BCUT2D eigenvalue weighted by Crippen LogP contribution is -2.20. The Morgan fingerprint density at radius 2 is 1.50 bits per heavy atom. The summed E-state index contributed by atoms with van der Waals surface area (Å²) in [5.41, 5.74) is -2.05. The van der Waals surface area contributed by atoms with Gasteiger partial charge in [0, 0.05) is 11.9 Å². The first kappa shape index (κ1) is 23.1. The summed E-state index contributed by atoms with van der Waals surface area (Å²) in [6, 6.07) is 8.17. The largest absolute Gasteiger partial charge is 0.417 e. The molecule has 0 saturated carbocycles. The molecule has 0 radical (unpaired) electrons. The van der Waals surface area contributed by atoms with Crippen molar-refractivity contribution in [3.8, 4) is 0 Å². The van der Waals surface area contributed by atoms with Crippen LogP contribution in [0.15, 0.2) is 54.7 Å². The Morgan fingerprint density at radius 1 is 0.844 bits per heavy atom. The molecule has 32 heavy (non-hydrogen) atoms. The Bertz CT molecular complexity index is 1140. The Balaban J connectivity index is 1.68. The minimum Gasteiger partial charge on any atom is -0.324 e. The fourth-order valence-corrected chi connectivity index (χ4v) is 2.65. The number of hydrogen-bond donors (Lipinski definition) is 3. The van der Waals surface area contributed by atoms with Crippen molar-refractivity contribution in [3.63, 3.8) is 0 Å². The standard InChI is InChI=1S/C19H12ClF6N5O/c20-13-8-11(19(24,25)26)9-27-16(13)30-14-5-2-6-15(29-14)31-17(32)28-12-4-1-3-10(7-12)18(21,22)23/h1-9H,(H3,27,28,29,30,31,32). The van der Waals surface area contributed by atoms with Gasteiger partial charge in [-0.1, -0.05) is 23.7 Å². The zero-order chi connectivity index (χ0) is 23.5. The van der Waals surface area contributed by atoms with E-state index >= 15 is 0 Å². The fourth-order valence-electron chi connectivity index (χ4n) is 2.43. The summed E-state index contributed by atoms with van der Waals surface area (Å²) in [7, 11) is 0. The molecule has 3 N–H and O–H groups in total. The second kappa shape index (κ2) is 8.91. The lowest BCUT2D eigenvalue weighted by molar-refractivity contribution is -0.138. The molecule has 1 aromatic carbocycles. The van der Waals surface area contributed by atoms with Gasteiger partial charge in [-0.2, -0.15) is 26.3 Å². The van der Waals surface area contributed by atoms with Crippen molar-refractivity contribution < 1.29 is 31.1 Å². The van der Waals surface area contributed by atoms with E-state index in [0.717, 1.165) is 18.2 Å². The lowest BCUT2D eigenvalue weighted by Gasteiger charge is -2.12. The number of rotatable bonds is 4. The Hall–Kier alpha value is -3.54. The van der Waals surface area contributed by atoms with E-state index in [4.69, 9.17) is 11.6 Å². The molecule has 3 rings (SSSR count). The molecule has 0 saturated heterocycles. The molecule has 168 valence electrons. The van der Waals surface area contributed by atoms with Gasteiger partial charge in [0.25, 0.3) is 0 Å². The van der Waals surface area contributed by atoms with Gasteiger partial charge in [0.15, 0.2) is 0 Å². The predicted octanol–water partition coefficient (Wildman–Crippen LogP) is 6.56. The van der Waals surface area contributed by atoms with Crippen molar-refractivity contribution in [2.45, 2.75) is 12.4 Å². The highest BCUT2D eigenvalue weighted by Crippen LogP contribution is 2.33. The lowest BCUT2D eigenvalue weighted by atomic mass is 10.2. The van der Waals surface area contributed by atoms with Gasteiger partial charge in [-0.15, -0.1) is 0 Å². The topological polar surface area (TPSA) is 78.9 Å². The average Bonchev–Trinajstić information content (AvgIpc) is 2.68. The zero-order valence-corrected chi connectivity index (χ0v) is 16.4. The number of urea groups is 1. The minimum absolute atomic E-state index is 0.00232. The van der Waals surface area contributed by atoms with E-state index in [0.29, 0.717) is 12.3 Å². The van der Waals surface area contributed by atoms with E-state index in [2.05, 4.69) is 25.9 Å². The number of carbonyl (C=O) groups excluding carboxylic acids is 1. The smallest absolute Gasteiger partial charge is 0.324 e. The van der Waals surface area contributed by atoms with Gasteiger partial charge >= 0.3 is 18.4 Å². The van der Waals surface area contributed by atoms with Crippen LogP contribution in [0.5, 0.6) is 0 Å².